The molecule has 2 aromatic carbocycles. The Morgan fingerprint density at radius 1 is 1.07 bits per heavy atom. The van der Waals surface area contributed by atoms with E-state index in [0.717, 1.165) is 54.6 Å². The van der Waals surface area contributed by atoms with Crippen LogP contribution in [0, 0.1) is 19.7 Å². The molecule has 1 saturated carbocycles. The lowest BCUT2D eigenvalue weighted by atomic mass is 10.0. The Bertz CT molecular complexity index is 893. The zero-order chi connectivity index (χ0) is 20.2. The molecule has 0 aromatic heterocycles. The number of aryl methyl sites for hydroxylation is 2. The summed E-state index contributed by atoms with van der Waals surface area (Å²) in [5.74, 6) is 1.04. The SMILES string of the molecule is Cc1cccc(C)c1/C(=N/C(=NC1CC1)N1CCCCO1)Nc1ccc(F)cc1. The highest BCUT2D eigenvalue weighted by molar-refractivity contribution is 6.14. The number of aliphatic imine (C=N–C) groups is 2. The smallest absolute Gasteiger partial charge is 0.247 e. The van der Waals surface area contributed by atoms with Gasteiger partial charge < -0.3 is 5.32 Å². The molecule has 1 aliphatic carbocycles. The number of amidine groups is 1. The van der Waals surface area contributed by atoms with Crippen LogP contribution in [-0.2, 0) is 4.84 Å². The van der Waals surface area contributed by atoms with Gasteiger partial charge in [0, 0.05) is 17.8 Å². The molecule has 0 radical (unpaired) electrons. The standard InChI is InChI=1S/C23H27FN4O/c1-16-6-5-7-17(2)21(16)22(25-19-10-8-18(24)9-11-19)27-23(26-20-12-13-20)28-14-3-4-15-29-28/h5-11,20H,3-4,12-15H2,1-2H3,(H,25,26,27). The monoisotopic (exact) mass is 394 g/mol. The summed E-state index contributed by atoms with van der Waals surface area (Å²) in [4.78, 5) is 15.6. The molecular formula is C23H27FN4O. The molecule has 1 N–H and O–H groups in total. The first kappa shape index (κ1) is 19.6. The van der Waals surface area contributed by atoms with E-state index in [9.17, 15) is 4.39 Å². The van der Waals surface area contributed by atoms with Gasteiger partial charge in [-0.15, -0.1) is 0 Å². The molecular weight excluding hydrogens is 367 g/mol. The van der Waals surface area contributed by atoms with Crippen molar-refractivity contribution >= 4 is 17.5 Å². The highest BCUT2D eigenvalue weighted by Gasteiger charge is 2.25. The molecule has 29 heavy (non-hydrogen) atoms. The van der Waals surface area contributed by atoms with E-state index in [0.29, 0.717) is 24.4 Å². The number of nitrogens with one attached hydrogen (secondary N) is 1. The molecule has 1 heterocycles. The molecule has 2 fully saturated rings. The summed E-state index contributed by atoms with van der Waals surface area (Å²) in [6, 6.07) is 12.8. The summed E-state index contributed by atoms with van der Waals surface area (Å²) in [7, 11) is 0. The Morgan fingerprint density at radius 3 is 2.41 bits per heavy atom. The Hall–Kier alpha value is -2.73. The molecule has 1 saturated heterocycles. The van der Waals surface area contributed by atoms with E-state index in [4.69, 9.17) is 14.8 Å². The van der Waals surface area contributed by atoms with Crippen LogP contribution < -0.4 is 5.32 Å². The Morgan fingerprint density at radius 2 is 1.79 bits per heavy atom. The average Bonchev–Trinajstić information content (AvgIpc) is 3.54. The molecule has 5 nitrogen and oxygen atoms in total. The van der Waals surface area contributed by atoms with Crippen molar-refractivity contribution in [2.45, 2.75) is 45.6 Å². The lowest BCUT2D eigenvalue weighted by Crippen LogP contribution is -2.36. The van der Waals surface area contributed by atoms with Gasteiger partial charge in [-0.05, 0) is 74.9 Å². The second-order valence-corrected chi connectivity index (χ2v) is 7.66. The molecule has 0 spiro atoms. The first-order valence-electron chi connectivity index (χ1n) is 10.3. The van der Waals surface area contributed by atoms with Crippen molar-refractivity contribution in [2.24, 2.45) is 9.98 Å². The van der Waals surface area contributed by atoms with Crippen molar-refractivity contribution in [3.63, 3.8) is 0 Å². The number of hydrogen-bond donors (Lipinski definition) is 1. The summed E-state index contributed by atoms with van der Waals surface area (Å²) in [5.41, 5.74) is 4.03. The summed E-state index contributed by atoms with van der Waals surface area (Å²) < 4.78 is 13.4. The number of hydrogen-bond acceptors (Lipinski definition) is 2. The topological polar surface area (TPSA) is 49.2 Å². The lowest BCUT2D eigenvalue weighted by molar-refractivity contribution is -0.124. The zero-order valence-corrected chi connectivity index (χ0v) is 17.0. The first-order chi connectivity index (χ1) is 14.1. The molecule has 0 unspecified atom stereocenters. The van der Waals surface area contributed by atoms with Gasteiger partial charge in [0.05, 0.1) is 12.6 Å². The van der Waals surface area contributed by atoms with Crippen LogP contribution in [0.4, 0.5) is 10.1 Å². The first-order valence-corrected chi connectivity index (χ1v) is 10.3. The van der Waals surface area contributed by atoms with Gasteiger partial charge >= 0.3 is 0 Å². The lowest BCUT2D eigenvalue weighted by Gasteiger charge is -2.27. The van der Waals surface area contributed by atoms with Crippen molar-refractivity contribution in [1.82, 2.24) is 5.06 Å². The van der Waals surface area contributed by atoms with Crippen LogP contribution >= 0.6 is 0 Å². The third-order valence-corrected chi connectivity index (χ3v) is 5.11. The van der Waals surface area contributed by atoms with Crippen LogP contribution in [0.1, 0.15) is 42.4 Å². The zero-order valence-electron chi connectivity index (χ0n) is 17.0. The van der Waals surface area contributed by atoms with E-state index in [1.165, 1.54) is 12.1 Å². The maximum atomic E-state index is 13.4. The molecule has 1 aliphatic heterocycles. The van der Waals surface area contributed by atoms with Crippen LogP contribution in [0.15, 0.2) is 52.4 Å². The Kier molecular flexibility index (Phi) is 5.90. The van der Waals surface area contributed by atoms with Crippen molar-refractivity contribution in [1.29, 1.82) is 0 Å². The third-order valence-electron chi connectivity index (χ3n) is 5.11. The number of anilines is 1. The van der Waals surface area contributed by atoms with Gasteiger partial charge in [-0.25, -0.2) is 14.4 Å². The maximum absolute atomic E-state index is 13.4. The second kappa shape index (κ2) is 8.74. The second-order valence-electron chi connectivity index (χ2n) is 7.66. The Balaban J connectivity index is 1.75. The van der Waals surface area contributed by atoms with E-state index in [1.54, 1.807) is 12.1 Å². The van der Waals surface area contributed by atoms with Gasteiger partial charge in [-0.1, -0.05) is 18.2 Å². The van der Waals surface area contributed by atoms with Crippen LogP contribution in [0.2, 0.25) is 0 Å². The van der Waals surface area contributed by atoms with Gasteiger partial charge in [-0.3, -0.25) is 4.84 Å². The molecule has 2 aliphatic rings. The van der Waals surface area contributed by atoms with Gasteiger partial charge in [0.25, 0.3) is 0 Å². The highest BCUT2D eigenvalue weighted by atomic mass is 19.1. The number of guanidine groups is 1. The quantitative estimate of drug-likeness (QED) is 0.598. The maximum Gasteiger partial charge on any atom is 0.247 e. The number of hydroxylamine groups is 2. The number of halogens is 1. The number of benzene rings is 2. The van der Waals surface area contributed by atoms with Crippen LogP contribution in [0.5, 0.6) is 0 Å². The fourth-order valence-electron chi connectivity index (χ4n) is 3.37. The largest absolute Gasteiger partial charge is 0.340 e. The fraction of sp³-hybridized carbons (Fsp3) is 0.391. The van der Waals surface area contributed by atoms with E-state index in [1.807, 2.05) is 11.1 Å². The minimum atomic E-state index is -0.265. The number of rotatable bonds is 3. The molecule has 2 aromatic rings. The minimum Gasteiger partial charge on any atom is -0.340 e. The molecule has 152 valence electrons. The Labute approximate surface area is 171 Å². The summed E-state index contributed by atoms with van der Waals surface area (Å²) >= 11 is 0. The van der Waals surface area contributed by atoms with Gasteiger partial charge in [0.1, 0.15) is 11.7 Å². The predicted octanol–water partition coefficient (Wildman–Crippen LogP) is 4.85. The van der Waals surface area contributed by atoms with E-state index < -0.39 is 0 Å². The molecule has 0 atom stereocenters. The molecule has 6 heteroatoms. The van der Waals surface area contributed by atoms with Crippen molar-refractivity contribution in [2.75, 3.05) is 18.5 Å². The van der Waals surface area contributed by atoms with Gasteiger partial charge in [-0.2, -0.15) is 4.99 Å². The third kappa shape index (κ3) is 5.01. The molecule has 4 rings (SSSR count). The van der Waals surface area contributed by atoms with E-state index in [-0.39, 0.29) is 5.82 Å². The minimum absolute atomic E-state index is 0.265. The van der Waals surface area contributed by atoms with Crippen molar-refractivity contribution in [3.8, 4) is 0 Å². The number of nitrogens with zero attached hydrogens (tertiary/aromatic N) is 3. The van der Waals surface area contributed by atoms with Gasteiger partial charge in [0.2, 0.25) is 5.96 Å². The molecule has 0 bridgehead atoms. The summed E-state index contributed by atoms with van der Waals surface area (Å²) in [6.07, 6.45) is 4.30. The summed E-state index contributed by atoms with van der Waals surface area (Å²) in [6.45, 7) is 5.60. The highest BCUT2D eigenvalue weighted by Crippen LogP contribution is 2.25. The van der Waals surface area contributed by atoms with Crippen LogP contribution in [0.3, 0.4) is 0 Å². The molecule has 0 amide bonds. The fourth-order valence-corrected chi connectivity index (χ4v) is 3.37. The predicted molar refractivity (Wildman–Crippen MR) is 115 cm³/mol. The van der Waals surface area contributed by atoms with Crippen molar-refractivity contribution < 1.29 is 9.23 Å². The van der Waals surface area contributed by atoms with E-state index >= 15 is 0 Å². The van der Waals surface area contributed by atoms with Crippen molar-refractivity contribution in [3.05, 3.63) is 65.0 Å². The van der Waals surface area contributed by atoms with Crippen LogP contribution in [0.25, 0.3) is 0 Å². The summed E-state index contributed by atoms with van der Waals surface area (Å²) in [5, 5.41) is 5.21. The van der Waals surface area contributed by atoms with E-state index in [2.05, 4.69) is 31.3 Å². The van der Waals surface area contributed by atoms with Gasteiger partial charge in [0.15, 0.2) is 0 Å². The van der Waals surface area contributed by atoms with Crippen LogP contribution in [-0.4, -0.2) is 36.1 Å². The average molecular weight is 394 g/mol. The normalized spacial score (nSPS) is 18.1.